The van der Waals surface area contributed by atoms with Gasteiger partial charge in [0.05, 0.1) is 6.10 Å². The maximum Gasteiger partial charge on any atom is 0.191 e. The van der Waals surface area contributed by atoms with Gasteiger partial charge in [0.2, 0.25) is 0 Å². The van der Waals surface area contributed by atoms with Crippen LogP contribution >= 0.6 is 0 Å². The summed E-state index contributed by atoms with van der Waals surface area (Å²) in [5, 5.41) is 7.41. The Bertz CT molecular complexity index is 750. The predicted octanol–water partition coefficient (Wildman–Crippen LogP) is 2.92. The van der Waals surface area contributed by atoms with Gasteiger partial charge in [-0.1, -0.05) is 12.5 Å². The number of piperidine rings is 1. The third-order valence-corrected chi connectivity index (χ3v) is 7.49. The summed E-state index contributed by atoms with van der Waals surface area (Å²) in [4.78, 5) is 6.80. The second kappa shape index (κ2) is 7.21. The Balaban J connectivity index is 1.22. The third kappa shape index (κ3) is 2.97. The van der Waals surface area contributed by atoms with Gasteiger partial charge in [0.25, 0.3) is 0 Å². The van der Waals surface area contributed by atoms with E-state index in [0.29, 0.717) is 29.5 Å². The van der Waals surface area contributed by atoms with Crippen LogP contribution in [0.4, 0.5) is 10.1 Å². The van der Waals surface area contributed by atoms with Crippen LogP contribution in [0.1, 0.15) is 38.5 Å². The fourth-order valence-corrected chi connectivity index (χ4v) is 5.97. The molecule has 6 heteroatoms. The molecule has 2 N–H and O–H groups in total. The van der Waals surface area contributed by atoms with E-state index in [-0.39, 0.29) is 5.82 Å². The highest BCUT2D eigenvalue weighted by atomic mass is 19.1. The van der Waals surface area contributed by atoms with E-state index >= 15 is 0 Å². The zero-order valence-electron chi connectivity index (χ0n) is 16.7. The fraction of sp³-hybridized carbons (Fsp3) is 0.682. The second-order valence-electron chi connectivity index (χ2n) is 8.93. The van der Waals surface area contributed by atoms with Crippen LogP contribution in [0.25, 0.3) is 0 Å². The van der Waals surface area contributed by atoms with Crippen LogP contribution in [0, 0.1) is 17.2 Å². The van der Waals surface area contributed by atoms with E-state index in [2.05, 4.69) is 20.5 Å². The van der Waals surface area contributed by atoms with Gasteiger partial charge < -0.3 is 20.3 Å². The molecule has 5 nitrogen and oxygen atoms in total. The maximum absolute atomic E-state index is 13.6. The first-order valence-electron chi connectivity index (χ1n) is 10.8. The largest absolute Gasteiger partial charge is 0.377 e. The first-order valence-corrected chi connectivity index (χ1v) is 10.8. The van der Waals surface area contributed by atoms with Gasteiger partial charge in [0.1, 0.15) is 5.82 Å². The van der Waals surface area contributed by atoms with Crippen molar-refractivity contribution >= 4 is 11.6 Å². The van der Waals surface area contributed by atoms with E-state index in [1.54, 1.807) is 12.1 Å². The Hall–Kier alpha value is -1.82. The molecule has 28 heavy (non-hydrogen) atoms. The van der Waals surface area contributed by atoms with Crippen molar-refractivity contribution in [1.29, 1.82) is 0 Å². The number of nitrogens with zero attached hydrogens (tertiary/aromatic N) is 2. The van der Waals surface area contributed by atoms with Crippen molar-refractivity contribution in [3.05, 3.63) is 30.1 Å². The minimum atomic E-state index is -0.172. The van der Waals surface area contributed by atoms with Crippen LogP contribution in [-0.2, 0) is 4.74 Å². The van der Waals surface area contributed by atoms with Crippen LogP contribution in [0.5, 0.6) is 0 Å². The molecule has 4 fully saturated rings. The monoisotopic (exact) mass is 386 g/mol. The maximum atomic E-state index is 13.6. The summed E-state index contributed by atoms with van der Waals surface area (Å²) in [5.41, 5.74) is 1.31. The summed E-state index contributed by atoms with van der Waals surface area (Å²) < 4.78 is 19.7. The van der Waals surface area contributed by atoms with Gasteiger partial charge in [-0.05, 0) is 50.3 Å². The number of halogens is 1. The Morgan fingerprint density at radius 3 is 2.89 bits per heavy atom. The van der Waals surface area contributed by atoms with Gasteiger partial charge in [0.15, 0.2) is 5.96 Å². The SMILES string of the molecule is CN=C(NC1CCCN(c2cccc(F)c2)C1)NC1C2CCOC2C12CCC2. The molecule has 2 saturated heterocycles. The summed E-state index contributed by atoms with van der Waals surface area (Å²) in [6.07, 6.45) is 7.71. The standard InChI is InChI=1S/C22H31FN4O/c1-24-21(26-19-18-8-12-28-20(18)22(19)9-4-10-22)25-16-6-3-11-27(14-16)17-7-2-5-15(23)13-17/h2,5,7,13,16,18-20H,3-4,6,8-12,14H2,1H3,(H2,24,25,26). The molecule has 1 aromatic carbocycles. The lowest BCUT2D eigenvalue weighted by Crippen LogP contribution is -2.73. The predicted molar refractivity (Wildman–Crippen MR) is 109 cm³/mol. The smallest absolute Gasteiger partial charge is 0.191 e. The Labute approximate surface area is 166 Å². The van der Waals surface area contributed by atoms with Crippen LogP contribution in [0.2, 0.25) is 0 Å². The van der Waals surface area contributed by atoms with Gasteiger partial charge in [-0.2, -0.15) is 0 Å². The number of nitrogens with one attached hydrogen (secondary N) is 2. The number of benzene rings is 1. The topological polar surface area (TPSA) is 48.9 Å². The number of hydrogen-bond donors (Lipinski definition) is 2. The molecule has 4 aliphatic rings. The molecule has 0 bridgehead atoms. The van der Waals surface area contributed by atoms with Crippen LogP contribution in [0.15, 0.2) is 29.3 Å². The first kappa shape index (κ1) is 18.2. The van der Waals surface area contributed by atoms with E-state index in [0.717, 1.165) is 50.6 Å². The molecule has 1 aromatic rings. The minimum absolute atomic E-state index is 0.172. The molecule has 2 aliphatic heterocycles. The minimum Gasteiger partial charge on any atom is -0.377 e. The fourth-order valence-electron chi connectivity index (χ4n) is 5.97. The highest BCUT2D eigenvalue weighted by molar-refractivity contribution is 5.80. The quantitative estimate of drug-likeness (QED) is 0.620. The number of anilines is 1. The zero-order chi connectivity index (χ0) is 19.1. The van der Waals surface area contributed by atoms with Gasteiger partial charge in [-0.25, -0.2) is 4.39 Å². The van der Waals surface area contributed by atoms with E-state index < -0.39 is 0 Å². The van der Waals surface area contributed by atoms with Crippen LogP contribution in [0.3, 0.4) is 0 Å². The number of rotatable bonds is 3. The molecule has 0 radical (unpaired) electrons. The molecule has 4 unspecified atom stereocenters. The summed E-state index contributed by atoms with van der Waals surface area (Å²) in [6, 6.07) is 7.72. The lowest BCUT2D eigenvalue weighted by molar-refractivity contribution is -0.171. The lowest BCUT2D eigenvalue weighted by atomic mass is 9.46. The molecule has 1 spiro atoms. The summed E-state index contributed by atoms with van der Waals surface area (Å²) in [5.74, 6) is 1.37. The average Bonchev–Trinajstić information content (AvgIpc) is 3.09. The number of guanidine groups is 1. The van der Waals surface area contributed by atoms with E-state index in [9.17, 15) is 4.39 Å². The van der Waals surface area contributed by atoms with E-state index in [4.69, 9.17) is 4.74 Å². The second-order valence-corrected chi connectivity index (χ2v) is 8.93. The van der Waals surface area contributed by atoms with E-state index in [1.165, 1.54) is 25.3 Å². The van der Waals surface area contributed by atoms with Crippen molar-refractivity contribution in [2.24, 2.45) is 16.3 Å². The first-order chi connectivity index (χ1) is 13.7. The Kier molecular flexibility index (Phi) is 4.69. The van der Waals surface area contributed by atoms with Crippen LogP contribution < -0.4 is 15.5 Å². The van der Waals surface area contributed by atoms with E-state index in [1.807, 2.05) is 13.1 Å². The molecule has 2 heterocycles. The van der Waals surface area contributed by atoms with Crippen molar-refractivity contribution in [3.8, 4) is 0 Å². The van der Waals surface area contributed by atoms with Crippen molar-refractivity contribution in [2.45, 2.75) is 56.7 Å². The summed E-state index contributed by atoms with van der Waals surface area (Å²) in [7, 11) is 1.86. The van der Waals surface area contributed by atoms with Crippen molar-refractivity contribution < 1.29 is 9.13 Å². The molecule has 0 aromatic heterocycles. The lowest BCUT2D eigenvalue weighted by Gasteiger charge is -2.63. The molecular weight excluding hydrogens is 355 g/mol. The van der Waals surface area contributed by atoms with Gasteiger partial charge in [-0.15, -0.1) is 0 Å². The highest BCUT2D eigenvalue weighted by Gasteiger charge is 2.66. The van der Waals surface area contributed by atoms with Crippen molar-refractivity contribution in [3.63, 3.8) is 0 Å². The third-order valence-electron chi connectivity index (χ3n) is 7.49. The normalized spacial score (nSPS) is 33.8. The zero-order valence-corrected chi connectivity index (χ0v) is 16.7. The highest BCUT2D eigenvalue weighted by Crippen LogP contribution is 2.62. The summed E-state index contributed by atoms with van der Waals surface area (Å²) in [6.45, 7) is 2.75. The van der Waals surface area contributed by atoms with Gasteiger partial charge in [0, 0.05) is 55.8 Å². The molecule has 4 atom stereocenters. The number of fused-ring (bicyclic) bond motifs is 2. The summed E-state index contributed by atoms with van der Waals surface area (Å²) >= 11 is 0. The van der Waals surface area contributed by atoms with Gasteiger partial charge in [-0.3, -0.25) is 4.99 Å². The average molecular weight is 387 g/mol. The van der Waals surface area contributed by atoms with Crippen molar-refractivity contribution in [2.75, 3.05) is 31.6 Å². The Morgan fingerprint density at radius 2 is 2.14 bits per heavy atom. The molecule has 0 amide bonds. The number of aliphatic imine (C=N–C) groups is 1. The molecule has 5 rings (SSSR count). The number of ether oxygens (including phenoxy) is 1. The van der Waals surface area contributed by atoms with Crippen LogP contribution in [-0.4, -0.2) is 50.9 Å². The number of hydrogen-bond acceptors (Lipinski definition) is 3. The molecular formula is C22H31FN4O. The molecule has 2 aliphatic carbocycles. The molecule has 2 saturated carbocycles. The molecule has 152 valence electrons. The van der Waals surface area contributed by atoms with Crippen molar-refractivity contribution in [1.82, 2.24) is 10.6 Å². The Morgan fingerprint density at radius 1 is 1.25 bits per heavy atom. The van der Waals surface area contributed by atoms with Gasteiger partial charge >= 0.3 is 0 Å².